The van der Waals surface area contributed by atoms with Crippen LogP contribution in [-0.2, 0) is 6.54 Å². The van der Waals surface area contributed by atoms with E-state index >= 15 is 0 Å². The smallest absolute Gasteiger partial charge is 0.258 e. The Morgan fingerprint density at radius 3 is 2.89 bits per heavy atom. The number of nitrogens with zero attached hydrogens (tertiary/aromatic N) is 2. The predicted molar refractivity (Wildman–Crippen MR) is 108 cm³/mol. The lowest BCUT2D eigenvalue weighted by molar-refractivity contribution is 0.0717. The summed E-state index contributed by atoms with van der Waals surface area (Å²) < 4.78 is 5.67. The Hall–Kier alpha value is -2.83. The second kappa shape index (κ2) is 8.04. The fourth-order valence-electron chi connectivity index (χ4n) is 3.56. The minimum absolute atomic E-state index is 0.00717. The molecule has 0 aliphatic carbocycles. The molecule has 1 atom stereocenters. The molecule has 28 heavy (non-hydrogen) atoms. The number of aromatic amines is 1. The van der Waals surface area contributed by atoms with Gasteiger partial charge in [-0.3, -0.25) is 4.79 Å². The third kappa shape index (κ3) is 3.61. The number of halogens is 1. The van der Waals surface area contributed by atoms with Gasteiger partial charge in [0.05, 0.1) is 29.8 Å². The lowest BCUT2D eigenvalue weighted by Crippen LogP contribution is -2.39. The molecule has 0 saturated heterocycles. The molecule has 4 rings (SSSR count). The van der Waals surface area contributed by atoms with Gasteiger partial charge < -0.3 is 20.4 Å². The van der Waals surface area contributed by atoms with E-state index in [0.717, 1.165) is 17.0 Å². The molecule has 0 saturated carbocycles. The largest absolute Gasteiger partial charge is 0.491 e. The van der Waals surface area contributed by atoms with Crippen LogP contribution in [0.2, 0.25) is 5.02 Å². The summed E-state index contributed by atoms with van der Waals surface area (Å²) in [4.78, 5) is 22.8. The van der Waals surface area contributed by atoms with Gasteiger partial charge in [-0.05, 0) is 23.8 Å². The van der Waals surface area contributed by atoms with Crippen LogP contribution in [0.1, 0.15) is 33.2 Å². The normalized spacial score (nSPS) is 15.9. The molecular weight excluding hydrogens is 376 g/mol. The molecule has 0 bridgehead atoms. The molecule has 2 heterocycles. The lowest BCUT2D eigenvalue weighted by Gasteiger charge is -2.32. The van der Waals surface area contributed by atoms with E-state index in [1.807, 2.05) is 18.2 Å². The number of aromatic nitrogens is 2. The van der Waals surface area contributed by atoms with Gasteiger partial charge in [0.25, 0.3) is 5.91 Å². The number of carbonyl (C=O) groups is 1. The number of H-pyrrole nitrogens is 1. The van der Waals surface area contributed by atoms with Crippen LogP contribution in [-0.4, -0.2) is 40.5 Å². The van der Waals surface area contributed by atoms with Crippen LogP contribution in [0.5, 0.6) is 5.75 Å². The summed E-state index contributed by atoms with van der Waals surface area (Å²) >= 11 is 6.15. The number of rotatable bonds is 5. The van der Waals surface area contributed by atoms with E-state index in [1.54, 1.807) is 29.4 Å². The van der Waals surface area contributed by atoms with E-state index in [-0.39, 0.29) is 11.8 Å². The molecule has 0 spiro atoms. The van der Waals surface area contributed by atoms with Gasteiger partial charge in [0.2, 0.25) is 0 Å². The SMILES string of the molecule is NCCOc1ccc(Cl)cc1C(=O)N1Cc2[nH]cnc2C(c2ccccc2)C1. The van der Waals surface area contributed by atoms with Crippen LogP contribution < -0.4 is 10.5 Å². The highest BCUT2D eigenvalue weighted by Gasteiger charge is 2.32. The van der Waals surface area contributed by atoms with E-state index in [2.05, 4.69) is 22.1 Å². The summed E-state index contributed by atoms with van der Waals surface area (Å²) in [5.41, 5.74) is 9.04. The topological polar surface area (TPSA) is 84.2 Å². The number of imidazole rings is 1. The number of nitrogens with two attached hydrogens (primary N) is 1. The Kier molecular flexibility index (Phi) is 5.32. The van der Waals surface area contributed by atoms with E-state index < -0.39 is 0 Å². The Labute approximate surface area is 168 Å². The van der Waals surface area contributed by atoms with Crippen LogP contribution >= 0.6 is 11.6 Å². The van der Waals surface area contributed by atoms with Crippen molar-refractivity contribution in [1.82, 2.24) is 14.9 Å². The van der Waals surface area contributed by atoms with E-state index in [9.17, 15) is 4.79 Å². The molecule has 1 aliphatic rings. The van der Waals surface area contributed by atoms with Crippen molar-refractivity contribution >= 4 is 17.5 Å². The van der Waals surface area contributed by atoms with E-state index in [0.29, 0.717) is 42.6 Å². The van der Waals surface area contributed by atoms with Gasteiger partial charge in [0, 0.05) is 24.0 Å². The Balaban J connectivity index is 1.67. The minimum Gasteiger partial charge on any atom is -0.491 e. The van der Waals surface area contributed by atoms with Gasteiger partial charge >= 0.3 is 0 Å². The maximum atomic E-state index is 13.4. The summed E-state index contributed by atoms with van der Waals surface area (Å²) in [7, 11) is 0. The summed E-state index contributed by atoms with van der Waals surface area (Å²) in [5.74, 6) is 0.370. The third-order valence-corrected chi connectivity index (χ3v) is 5.11. The summed E-state index contributed by atoms with van der Waals surface area (Å²) in [6, 6.07) is 15.2. The molecule has 6 nitrogen and oxygen atoms in total. The number of carbonyl (C=O) groups excluding carboxylic acids is 1. The molecule has 3 aromatic rings. The zero-order chi connectivity index (χ0) is 19.5. The molecule has 1 aliphatic heterocycles. The van der Waals surface area contributed by atoms with Crippen molar-refractivity contribution in [2.24, 2.45) is 5.73 Å². The van der Waals surface area contributed by atoms with Gasteiger partial charge in [-0.15, -0.1) is 0 Å². The number of hydrogen-bond acceptors (Lipinski definition) is 4. The molecule has 0 fully saturated rings. The summed E-state index contributed by atoms with van der Waals surface area (Å²) in [6.07, 6.45) is 1.68. The van der Waals surface area contributed by atoms with Gasteiger partial charge in [0.15, 0.2) is 0 Å². The van der Waals surface area contributed by atoms with Crippen molar-refractivity contribution in [1.29, 1.82) is 0 Å². The molecule has 1 aromatic heterocycles. The molecule has 144 valence electrons. The average Bonchev–Trinajstić information content (AvgIpc) is 3.21. The zero-order valence-corrected chi connectivity index (χ0v) is 16.0. The molecule has 0 radical (unpaired) electrons. The third-order valence-electron chi connectivity index (χ3n) is 4.87. The number of nitrogens with one attached hydrogen (secondary N) is 1. The molecule has 2 aromatic carbocycles. The van der Waals surface area contributed by atoms with Gasteiger partial charge in [-0.2, -0.15) is 0 Å². The second-order valence-corrected chi connectivity index (χ2v) is 7.13. The summed E-state index contributed by atoms with van der Waals surface area (Å²) in [6.45, 7) is 1.69. The Morgan fingerprint density at radius 1 is 1.29 bits per heavy atom. The van der Waals surface area contributed by atoms with Crippen LogP contribution in [0, 0.1) is 0 Å². The van der Waals surface area contributed by atoms with Crippen LogP contribution in [0.25, 0.3) is 0 Å². The first-order chi connectivity index (χ1) is 13.7. The lowest BCUT2D eigenvalue weighted by atomic mass is 9.90. The molecule has 1 unspecified atom stereocenters. The van der Waals surface area contributed by atoms with Crippen molar-refractivity contribution in [3.8, 4) is 5.75 Å². The highest BCUT2D eigenvalue weighted by Crippen LogP contribution is 2.33. The standard InChI is InChI=1S/C21H21ClN4O2/c22-15-6-7-19(28-9-8-23)16(10-15)21(27)26-11-17(14-4-2-1-3-5-14)20-18(12-26)24-13-25-20/h1-7,10,13,17H,8-9,11-12,23H2,(H,24,25). The number of amides is 1. The molecule has 3 N–H and O–H groups in total. The number of hydrogen-bond donors (Lipinski definition) is 2. The first-order valence-corrected chi connectivity index (χ1v) is 9.54. The Bertz CT molecular complexity index is 974. The molecular formula is C21H21ClN4O2. The van der Waals surface area contributed by atoms with Crippen LogP contribution in [0.3, 0.4) is 0 Å². The predicted octanol–water partition coefficient (Wildman–Crippen LogP) is 3.19. The highest BCUT2D eigenvalue weighted by molar-refractivity contribution is 6.31. The van der Waals surface area contributed by atoms with Crippen LogP contribution in [0.4, 0.5) is 0 Å². The van der Waals surface area contributed by atoms with Crippen molar-refractivity contribution in [3.63, 3.8) is 0 Å². The molecule has 7 heteroatoms. The fraction of sp³-hybridized carbons (Fsp3) is 0.238. The van der Waals surface area contributed by atoms with Gasteiger partial charge in [-0.25, -0.2) is 4.98 Å². The van der Waals surface area contributed by atoms with Gasteiger partial charge in [0.1, 0.15) is 12.4 Å². The van der Waals surface area contributed by atoms with Crippen molar-refractivity contribution in [2.75, 3.05) is 19.7 Å². The minimum atomic E-state index is -0.129. The van der Waals surface area contributed by atoms with E-state index in [1.165, 1.54) is 0 Å². The fourth-order valence-corrected chi connectivity index (χ4v) is 3.73. The quantitative estimate of drug-likeness (QED) is 0.693. The van der Waals surface area contributed by atoms with Crippen molar-refractivity contribution < 1.29 is 9.53 Å². The monoisotopic (exact) mass is 396 g/mol. The average molecular weight is 397 g/mol. The highest BCUT2D eigenvalue weighted by atomic mass is 35.5. The van der Waals surface area contributed by atoms with Crippen molar-refractivity contribution in [3.05, 3.63) is 82.4 Å². The first kappa shape index (κ1) is 18.5. The number of ether oxygens (including phenoxy) is 1. The Morgan fingerprint density at radius 2 is 2.11 bits per heavy atom. The maximum absolute atomic E-state index is 13.4. The number of benzene rings is 2. The van der Waals surface area contributed by atoms with Crippen LogP contribution in [0.15, 0.2) is 54.9 Å². The van der Waals surface area contributed by atoms with Crippen molar-refractivity contribution in [2.45, 2.75) is 12.5 Å². The van der Waals surface area contributed by atoms with E-state index in [4.69, 9.17) is 22.1 Å². The zero-order valence-electron chi connectivity index (χ0n) is 15.3. The second-order valence-electron chi connectivity index (χ2n) is 6.69. The first-order valence-electron chi connectivity index (χ1n) is 9.16. The maximum Gasteiger partial charge on any atom is 0.258 e. The molecule has 1 amide bonds. The summed E-state index contributed by atoms with van der Waals surface area (Å²) in [5, 5.41) is 0.488. The number of fused-ring (bicyclic) bond motifs is 1. The van der Waals surface area contributed by atoms with Gasteiger partial charge in [-0.1, -0.05) is 41.9 Å².